The Labute approximate surface area is 98.8 Å². The second kappa shape index (κ2) is 3.41. The molecule has 0 unspecified atom stereocenters. The Morgan fingerprint density at radius 2 is 1.94 bits per heavy atom. The highest BCUT2D eigenvalue weighted by Crippen LogP contribution is 2.39. The van der Waals surface area contributed by atoms with E-state index in [-0.39, 0.29) is 6.79 Å². The van der Waals surface area contributed by atoms with Crippen LogP contribution in [0.15, 0.2) is 18.3 Å². The van der Waals surface area contributed by atoms with E-state index in [2.05, 4.69) is 5.10 Å². The summed E-state index contributed by atoms with van der Waals surface area (Å²) in [4.78, 5) is 0. The second-order valence-corrected chi connectivity index (χ2v) is 4.12. The summed E-state index contributed by atoms with van der Waals surface area (Å²) in [6.45, 7) is 2.30. The van der Waals surface area contributed by atoms with Crippen LogP contribution in [-0.4, -0.2) is 16.6 Å². The number of aromatic nitrogens is 2. The molecule has 0 saturated carbocycles. The Kier molecular flexibility index (Phi) is 2.01. The van der Waals surface area contributed by atoms with E-state index in [0.717, 1.165) is 28.2 Å². The number of rotatable bonds is 1. The molecule has 0 spiro atoms. The van der Waals surface area contributed by atoms with Crippen LogP contribution in [0.4, 0.5) is 5.82 Å². The minimum Gasteiger partial charge on any atom is -0.454 e. The predicted molar refractivity (Wildman–Crippen MR) is 63.9 cm³/mol. The number of aryl methyl sites for hydroxylation is 2. The number of anilines is 1. The lowest BCUT2D eigenvalue weighted by molar-refractivity contribution is 0.174. The van der Waals surface area contributed by atoms with Crippen LogP contribution in [-0.2, 0) is 7.05 Å². The highest BCUT2D eigenvalue weighted by atomic mass is 16.7. The van der Waals surface area contributed by atoms with Crippen molar-refractivity contribution >= 4 is 5.82 Å². The molecule has 0 bridgehead atoms. The minimum absolute atomic E-state index is 0.279. The predicted octanol–water partition coefficient (Wildman–Crippen LogP) is 1.71. The van der Waals surface area contributed by atoms with Crippen LogP contribution in [0.1, 0.15) is 5.56 Å². The number of nitrogens with two attached hydrogens (primary N) is 1. The molecule has 88 valence electrons. The third-order valence-corrected chi connectivity index (χ3v) is 2.87. The van der Waals surface area contributed by atoms with Crippen molar-refractivity contribution in [2.75, 3.05) is 12.5 Å². The quantitative estimate of drug-likeness (QED) is 0.811. The van der Waals surface area contributed by atoms with Crippen LogP contribution in [0.2, 0.25) is 0 Å². The van der Waals surface area contributed by atoms with Crippen molar-refractivity contribution in [3.8, 4) is 22.6 Å². The van der Waals surface area contributed by atoms with E-state index in [1.54, 1.807) is 4.68 Å². The fourth-order valence-electron chi connectivity index (χ4n) is 2.05. The van der Waals surface area contributed by atoms with E-state index >= 15 is 0 Å². The van der Waals surface area contributed by atoms with Crippen molar-refractivity contribution in [3.05, 3.63) is 23.9 Å². The van der Waals surface area contributed by atoms with Gasteiger partial charge in [0.25, 0.3) is 0 Å². The van der Waals surface area contributed by atoms with Crippen molar-refractivity contribution in [1.29, 1.82) is 0 Å². The van der Waals surface area contributed by atoms with Gasteiger partial charge in [0, 0.05) is 18.8 Å². The maximum Gasteiger partial charge on any atom is 0.231 e. The van der Waals surface area contributed by atoms with Crippen molar-refractivity contribution in [2.45, 2.75) is 6.92 Å². The van der Waals surface area contributed by atoms with E-state index in [4.69, 9.17) is 15.2 Å². The van der Waals surface area contributed by atoms with E-state index in [9.17, 15) is 0 Å². The van der Waals surface area contributed by atoms with Gasteiger partial charge in [-0.1, -0.05) is 0 Å². The summed E-state index contributed by atoms with van der Waals surface area (Å²) in [5, 5.41) is 4.14. The van der Waals surface area contributed by atoms with Crippen LogP contribution in [0, 0.1) is 6.92 Å². The van der Waals surface area contributed by atoms with Gasteiger partial charge in [0.1, 0.15) is 0 Å². The zero-order chi connectivity index (χ0) is 12.0. The number of fused-ring (bicyclic) bond motifs is 1. The fraction of sp³-hybridized carbons (Fsp3) is 0.250. The van der Waals surface area contributed by atoms with Gasteiger partial charge < -0.3 is 15.2 Å². The van der Waals surface area contributed by atoms with Crippen LogP contribution in [0.3, 0.4) is 0 Å². The van der Waals surface area contributed by atoms with E-state index in [0.29, 0.717) is 5.82 Å². The lowest BCUT2D eigenvalue weighted by atomic mass is 10.0. The molecule has 2 N–H and O–H groups in total. The Bertz CT molecular complexity index is 590. The lowest BCUT2D eigenvalue weighted by Gasteiger charge is -2.06. The average Bonchev–Trinajstić information content (AvgIpc) is 2.83. The van der Waals surface area contributed by atoms with Gasteiger partial charge in [-0.05, 0) is 30.2 Å². The molecule has 0 amide bonds. The molecule has 0 saturated heterocycles. The van der Waals surface area contributed by atoms with Gasteiger partial charge in [0.2, 0.25) is 6.79 Å². The highest BCUT2D eigenvalue weighted by molar-refractivity contribution is 5.78. The van der Waals surface area contributed by atoms with Gasteiger partial charge >= 0.3 is 0 Å². The molecule has 3 rings (SSSR count). The van der Waals surface area contributed by atoms with Gasteiger partial charge in [-0.2, -0.15) is 5.10 Å². The number of nitrogens with zero attached hydrogens (tertiary/aromatic N) is 2. The standard InChI is InChI=1S/C12H13N3O2/c1-7-3-10-11(17-6-16-10)4-8(7)9-5-15(2)14-12(9)13/h3-5H,6H2,1-2H3,(H2,13,14). The van der Waals surface area contributed by atoms with Crippen LogP contribution in [0.5, 0.6) is 11.5 Å². The minimum atomic E-state index is 0.279. The molecule has 0 fully saturated rings. The summed E-state index contributed by atoms with van der Waals surface area (Å²) in [5.74, 6) is 2.07. The van der Waals surface area contributed by atoms with Gasteiger partial charge in [0.15, 0.2) is 17.3 Å². The maximum absolute atomic E-state index is 5.88. The van der Waals surface area contributed by atoms with Crippen LogP contribution in [0.25, 0.3) is 11.1 Å². The second-order valence-electron chi connectivity index (χ2n) is 4.12. The number of ether oxygens (including phenoxy) is 2. The summed E-state index contributed by atoms with van der Waals surface area (Å²) in [5.41, 5.74) is 8.92. The number of nitrogen functional groups attached to an aromatic ring is 1. The number of hydrogen-bond donors (Lipinski definition) is 1. The molecular formula is C12H13N3O2. The molecule has 1 aliphatic heterocycles. The summed E-state index contributed by atoms with van der Waals surface area (Å²) in [6.07, 6.45) is 1.90. The van der Waals surface area contributed by atoms with Gasteiger partial charge in [-0.3, -0.25) is 4.68 Å². The summed E-state index contributed by atoms with van der Waals surface area (Å²) < 4.78 is 12.4. The molecule has 5 nitrogen and oxygen atoms in total. The first-order valence-electron chi connectivity index (χ1n) is 5.35. The highest BCUT2D eigenvalue weighted by Gasteiger charge is 2.18. The largest absolute Gasteiger partial charge is 0.454 e. The Hall–Kier alpha value is -2.17. The smallest absolute Gasteiger partial charge is 0.231 e. The SMILES string of the molecule is Cc1cc2c(cc1-c1cn(C)nc1N)OCO2. The topological polar surface area (TPSA) is 62.3 Å². The monoisotopic (exact) mass is 231 g/mol. The molecule has 2 aromatic rings. The number of hydrogen-bond acceptors (Lipinski definition) is 4. The molecule has 1 aliphatic rings. The third kappa shape index (κ3) is 1.51. The van der Waals surface area contributed by atoms with Gasteiger partial charge in [0.05, 0.1) is 0 Å². The van der Waals surface area contributed by atoms with Crippen molar-refractivity contribution in [3.63, 3.8) is 0 Å². The molecule has 2 heterocycles. The molecule has 0 aliphatic carbocycles. The molecule has 5 heteroatoms. The summed E-state index contributed by atoms with van der Waals surface area (Å²) in [7, 11) is 1.85. The van der Waals surface area contributed by atoms with Crippen LogP contribution >= 0.6 is 0 Å². The number of benzene rings is 1. The molecule has 17 heavy (non-hydrogen) atoms. The van der Waals surface area contributed by atoms with Crippen LogP contribution < -0.4 is 15.2 Å². The molecule has 1 aromatic carbocycles. The van der Waals surface area contributed by atoms with Gasteiger partial charge in [-0.25, -0.2) is 0 Å². The average molecular weight is 231 g/mol. The Balaban J connectivity index is 2.18. The van der Waals surface area contributed by atoms with Crippen molar-refractivity contribution < 1.29 is 9.47 Å². The Morgan fingerprint density at radius 1 is 1.24 bits per heavy atom. The third-order valence-electron chi connectivity index (χ3n) is 2.87. The van der Waals surface area contributed by atoms with Crippen molar-refractivity contribution in [2.24, 2.45) is 7.05 Å². The van der Waals surface area contributed by atoms with E-state index in [1.807, 2.05) is 32.3 Å². The van der Waals surface area contributed by atoms with Crippen molar-refractivity contribution in [1.82, 2.24) is 9.78 Å². The fourth-order valence-corrected chi connectivity index (χ4v) is 2.05. The summed E-state index contributed by atoms with van der Waals surface area (Å²) in [6, 6.07) is 3.91. The Morgan fingerprint density at radius 3 is 2.59 bits per heavy atom. The molecule has 1 aromatic heterocycles. The lowest BCUT2D eigenvalue weighted by Crippen LogP contribution is -1.92. The zero-order valence-electron chi connectivity index (χ0n) is 9.73. The summed E-state index contributed by atoms with van der Waals surface area (Å²) >= 11 is 0. The molecule has 0 radical (unpaired) electrons. The van der Waals surface area contributed by atoms with E-state index < -0.39 is 0 Å². The van der Waals surface area contributed by atoms with E-state index in [1.165, 1.54) is 0 Å². The van der Waals surface area contributed by atoms with Gasteiger partial charge in [-0.15, -0.1) is 0 Å². The first-order valence-corrected chi connectivity index (χ1v) is 5.35. The maximum atomic E-state index is 5.88. The molecule has 0 atom stereocenters. The zero-order valence-corrected chi connectivity index (χ0v) is 9.73. The first kappa shape index (κ1) is 10.0. The normalized spacial score (nSPS) is 13.1. The first-order chi connectivity index (χ1) is 8.15. The molecular weight excluding hydrogens is 218 g/mol.